The summed E-state index contributed by atoms with van der Waals surface area (Å²) in [6.45, 7) is 0. The van der Waals surface area contributed by atoms with E-state index in [-0.39, 0.29) is 0 Å². The second-order valence-corrected chi connectivity index (χ2v) is 4.09. The second kappa shape index (κ2) is 6.14. The number of carbonyl (C=O) groups excluding carboxylic acids is 1. The molecule has 0 aliphatic heterocycles. The van der Waals surface area contributed by atoms with Crippen LogP contribution in [-0.2, 0) is 4.79 Å². The molecule has 2 nitrogen and oxygen atoms in total. The SMILES string of the molecule is O=C(C=Cc1c(Cl)cc(Cl)cc1Cl)N=C=S. The topological polar surface area (TPSA) is 29.4 Å². The Hall–Kier alpha value is -0.700. The Bertz CT molecular complexity index is 484. The zero-order chi connectivity index (χ0) is 12.1. The van der Waals surface area contributed by atoms with Gasteiger partial charge in [0.2, 0.25) is 0 Å². The van der Waals surface area contributed by atoms with Gasteiger partial charge in [0.15, 0.2) is 0 Å². The van der Waals surface area contributed by atoms with E-state index in [9.17, 15) is 4.79 Å². The predicted molar refractivity (Wildman–Crippen MR) is 70.5 cm³/mol. The standard InChI is InChI=1S/C10H4Cl3NOS/c11-6-3-8(12)7(9(13)4-6)1-2-10(15)14-5-16/h1-4H. The maximum absolute atomic E-state index is 11.0. The number of aliphatic imine (C=N–C) groups is 1. The molecule has 0 saturated carbocycles. The number of thiocarbonyl (C=S) groups is 1. The van der Waals surface area contributed by atoms with Crippen LogP contribution in [0.25, 0.3) is 6.08 Å². The van der Waals surface area contributed by atoms with Crippen molar-refractivity contribution in [2.75, 3.05) is 0 Å². The van der Waals surface area contributed by atoms with Crippen molar-refractivity contribution in [3.05, 3.63) is 38.8 Å². The normalized spacial score (nSPS) is 10.2. The highest BCUT2D eigenvalue weighted by Gasteiger charge is 2.05. The van der Waals surface area contributed by atoms with Gasteiger partial charge in [0.1, 0.15) is 0 Å². The molecule has 0 aliphatic carbocycles. The van der Waals surface area contributed by atoms with Crippen LogP contribution < -0.4 is 0 Å². The van der Waals surface area contributed by atoms with E-state index in [0.717, 1.165) is 0 Å². The summed E-state index contributed by atoms with van der Waals surface area (Å²) < 4.78 is 0. The maximum Gasteiger partial charge on any atom is 0.278 e. The van der Waals surface area contributed by atoms with E-state index in [1.54, 1.807) is 0 Å². The summed E-state index contributed by atoms with van der Waals surface area (Å²) in [7, 11) is 0. The smallest absolute Gasteiger partial charge is 0.267 e. The fourth-order valence-electron chi connectivity index (χ4n) is 0.949. The van der Waals surface area contributed by atoms with Crippen molar-refractivity contribution >= 4 is 64.2 Å². The maximum atomic E-state index is 11.0. The third-order valence-corrected chi connectivity index (χ3v) is 2.53. The molecule has 0 bridgehead atoms. The molecular formula is C10H4Cl3NOS. The van der Waals surface area contributed by atoms with Gasteiger partial charge in [-0.2, -0.15) is 4.99 Å². The zero-order valence-corrected chi connectivity index (χ0v) is 10.8. The number of isothiocyanates is 1. The Kier molecular flexibility index (Phi) is 5.13. The summed E-state index contributed by atoms with van der Waals surface area (Å²) in [6, 6.07) is 3.06. The van der Waals surface area contributed by atoms with Crippen molar-refractivity contribution in [2.45, 2.75) is 0 Å². The lowest BCUT2D eigenvalue weighted by molar-refractivity contribution is -0.113. The van der Waals surface area contributed by atoms with Gasteiger partial charge in [-0.3, -0.25) is 4.79 Å². The van der Waals surface area contributed by atoms with Gasteiger partial charge in [-0.25, -0.2) is 0 Å². The number of benzene rings is 1. The van der Waals surface area contributed by atoms with Gasteiger partial charge in [0, 0.05) is 16.7 Å². The minimum absolute atomic E-state index is 0.355. The molecule has 82 valence electrons. The highest BCUT2D eigenvalue weighted by molar-refractivity contribution is 7.78. The quantitative estimate of drug-likeness (QED) is 0.462. The van der Waals surface area contributed by atoms with Gasteiger partial charge in [0.05, 0.1) is 15.2 Å². The van der Waals surface area contributed by atoms with Crippen LogP contribution in [-0.4, -0.2) is 11.1 Å². The first-order valence-electron chi connectivity index (χ1n) is 3.99. The summed E-state index contributed by atoms with van der Waals surface area (Å²) in [4.78, 5) is 14.3. The first kappa shape index (κ1) is 13.4. The van der Waals surface area contributed by atoms with E-state index in [0.29, 0.717) is 20.6 Å². The van der Waals surface area contributed by atoms with Crippen LogP contribution in [0, 0.1) is 0 Å². The molecule has 0 radical (unpaired) electrons. The molecule has 0 atom stereocenters. The molecule has 0 aliphatic rings. The molecule has 1 aromatic rings. The average molecular weight is 293 g/mol. The molecular weight excluding hydrogens is 289 g/mol. The average Bonchev–Trinajstić information content (AvgIpc) is 2.16. The van der Waals surface area contributed by atoms with Crippen LogP contribution in [0.1, 0.15) is 5.56 Å². The van der Waals surface area contributed by atoms with E-state index in [4.69, 9.17) is 34.8 Å². The minimum atomic E-state index is -0.530. The van der Waals surface area contributed by atoms with Crippen LogP contribution >= 0.6 is 47.0 Å². The number of amides is 1. The zero-order valence-electron chi connectivity index (χ0n) is 7.71. The lowest BCUT2D eigenvalue weighted by Crippen LogP contribution is -1.85. The Morgan fingerprint density at radius 2 is 1.88 bits per heavy atom. The molecule has 0 N–H and O–H groups in total. The molecule has 0 heterocycles. The van der Waals surface area contributed by atoms with Crippen LogP contribution in [0.15, 0.2) is 23.2 Å². The monoisotopic (exact) mass is 291 g/mol. The fourth-order valence-corrected chi connectivity index (χ4v) is 1.98. The Morgan fingerprint density at radius 1 is 1.31 bits per heavy atom. The molecule has 1 rings (SSSR count). The van der Waals surface area contributed by atoms with Crippen molar-refractivity contribution in [1.29, 1.82) is 0 Å². The van der Waals surface area contributed by atoms with Gasteiger partial charge in [-0.15, -0.1) is 0 Å². The van der Waals surface area contributed by atoms with Crippen LogP contribution in [0.3, 0.4) is 0 Å². The third-order valence-electron chi connectivity index (χ3n) is 1.59. The van der Waals surface area contributed by atoms with E-state index in [1.165, 1.54) is 24.3 Å². The lowest BCUT2D eigenvalue weighted by Gasteiger charge is -2.01. The molecule has 0 fully saturated rings. The Labute approximate surface area is 113 Å². The van der Waals surface area contributed by atoms with Crippen molar-refractivity contribution in [3.8, 4) is 0 Å². The largest absolute Gasteiger partial charge is 0.278 e. The summed E-state index contributed by atoms with van der Waals surface area (Å²) >= 11 is 21.8. The fraction of sp³-hybridized carbons (Fsp3) is 0. The number of halogens is 3. The highest BCUT2D eigenvalue weighted by atomic mass is 35.5. The first-order chi connectivity index (χ1) is 7.54. The Balaban J connectivity index is 3.06. The number of rotatable bonds is 2. The van der Waals surface area contributed by atoms with E-state index in [1.807, 2.05) is 5.16 Å². The molecule has 16 heavy (non-hydrogen) atoms. The van der Waals surface area contributed by atoms with Gasteiger partial charge >= 0.3 is 0 Å². The molecule has 1 aromatic carbocycles. The van der Waals surface area contributed by atoms with Crippen molar-refractivity contribution < 1.29 is 4.79 Å². The van der Waals surface area contributed by atoms with Gasteiger partial charge in [0.25, 0.3) is 5.91 Å². The van der Waals surface area contributed by atoms with Crippen LogP contribution in [0.2, 0.25) is 15.1 Å². The molecule has 1 amide bonds. The minimum Gasteiger partial charge on any atom is -0.267 e. The summed E-state index contributed by atoms with van der Waals surface area (Å²) in [5.41, 5.74) is 0.501. The second-order valence-electron chi connectivity index (χ2n) is 2.66. The van der Waals surface area contributed by atoms with Crippen LogP contribution in [0.4, 0.5) is 0 Å². The molecule has 0 aromatic heterocycles. The summed E-state index contributed by atoms with van der Waals surface area (Å²) in [5.74, 6) is -0.530. The summed E-state index contributed by atoms with van der Waals surface area (Å²) in [6.07, 6.45) is 2.64. The lowest BCUT2D eigenvalue weighted by atomic mass is 10.2. The number of hydrogen-bond acceptors (Lipinski definition) is 2. The summed E-state index contributed by atoms with van der Waals surface area (Å²) in [5, 5.41) is 3.10. The number of carbonyl (C=O) groups is 1. The highest BCUT2D eigenvalue weighted by Crippen LogP contribution is 2.29. The Morgan fingerprint density at radius 3 is 2.38 bits per heavy atom. The molecule has 0 unspecified atom stereocenters. The van der Waals surface area contributed by atoms with Gasteiger partial charge in [-0.05, 0) is 30.4 Å². The number of nitrogens with zero attached hydrogens (tertiary/aromatic N) is 1. The first-order valence-corrected chi connectivity index (χ1v) is 5.53. The number of hydrogen-bond donors (Lipinski definition) is 0. The third kappa shape index (κ3) is 3.71. The van der Waals surface area contributed by atoms with Crippen molar-refractivity contribution in [2.24, 2.45) is 4.99 Å². The van der Waals surface area contributed by atoms with E-state index in [2.05, 4.69) is 17.2 Å². The molecule has 6 heteroatoms. The van der Waals surface area contributed by atoms with Crippen molar-refractivity contribution in [1.82, 2.24) is 0 Å². The van der Waals surface area contributed by atoms with Gasteiger partial charge in [-0.1, -0.05) is 34.8 Å². The molecule has 0 spiro atoms. The van der Waals surface area contributed by atoms with Crippen LogP contribution in [0.5, 0.6) is 0 Å². The predicted octanol–water partition coefficient (Wildman–Crippen LogP) is 4.29. The van der Waals surface area contributed by atoms with E-state index >= 15 is 0 Å². The van der Waals surface area contributed by atoms with E-state index < -0.39 is 5.91 Å². The van der Waals surface area contributed by atoms with Crippen molar-refractivity contribution in [3.63, 3.8) is 0 Å². The molecule has 0 saturated heterocycles. The van der Waals surface area contributed by atoms with Gasteiger partial charge < -0.3 is 0 Å².